The van der Waals surface area contributed by atoms with Gasteiger partial charge in [-0.2, -0.15) is 0 Å². The zero-order valence-electron chi connectivity index (χ0n) is 16.9. The highest BCUT2D eigenvalue weighted by Gasteiger charge is 2.55. The summed E-state index contributed by atoms with van der Waals surface area (Å²) in [4.78, 5) is 6.32. The molecule has 10 nitrogen and oxygen atoms in total. The Morgan fingerprint density at radius 2 is 1.33 bits per heavy atom. The van der Waals surface area contributed by atoms with Crippen molar-refractivity contribution in [2.24, 2.45) is 11.8 Å². The normalized spacial score (nSPS) is 36.5. The third-order valence-electron chi connectivity index (χ3n) is 5.28. The van der Waals surface area contributed by atoms with E-state index in [2.05, 4.69) is 9.69 Å². The van der Waals surface area contributed by atoms with Crippen LogP contribution in [0.4, 0.5) is 0 Å². The Balaban J connectivity index is 0.000000171. The highest BCUT2D eigenvalue weighted by atomic mass is 27.3. The molecule has 0 N–H and O–H groups in total. The van der Waals surface area contributed by atoms with Gasteiger partial charge in [0.25, 0.3) is 11.4 Å². The van der Waals surface area contributed by atoms with Crippen LogP contribution >= 0.6 is 0 Å². The summed E-state index contributed by atoms with van der Waals surface area (Å²) < 4.78 is 32.3. The van der Waals surface area contributed by atoms with Gasteiger partial charge in [-0.25, -0.2) is 20.2 Å². The van der Waals surface area contributed by atoms with Crippen LogP contribution in [0.2, 0.25) is 0 Å². The molecule has 0 aromatic heterocycles. The lowest BCUT2D eigenvalue weighted by Gasteiger charge is -2.44. The van der Waals surface area contributed by atoms with Crippen molar-refractivity contribution in [3.63, 3.8) is 0 Å². The molecule has 152 valence electrons. The monoisotopic (exact) mass is 424 g/mol. The van der Waals surface area contributed by atoms with Gasteiger partial charge in [-0.15, -0.1) is 0 Å². The predicted molar refractivity (Wildman–Crippen MR) is 101 cm³/mol. The number of allylic oxidation sites excluding steroid dienone is 2. The molecule has 6 rings (SSSR count). The molecule has 0 spiro atoms. The summed E-state index contributed by atoms with van der Waals surface area (Å²) in [5.74, 6) is 0.585. The van der Waals surface area contributed by atoms with Crippen LogP contribution in [0, 0.1) is 47.6 Å². The Morgan fingerprint density at radius 3 is 1.73 bits per heavy atom. The van der Waals surface area contributed by atoms with Crippen molar-refractivity contribution in [2.45, 2.75) is 52.1 Å². The van der Waals surface area contributed by atoms with Crippen LogP contribution in [0.3, 0.4) is 0 Å². The number of fused-ring (bicyclic) bond motifs is 6. The first kappa shape index (κ1) is 22.2. The topological polar surface area (TPSA) is 112 Å². The van der Waals surface area contributed by atoms with E-state index < -0.39 is 22.5 Å². The summed E-state index contributed by atoms with van der Waals surface area (Å²) in [6.45, 7) is 21.4. The lowest BCUT2D eigenvalue weighted by molar-refractivity contribution is -0.0962. The van der Waals surface area contributed by atoms with Gasteiger partial charge in [0, 0.05) is 12.2 Å². The fourth-order valence-electron chi connectivity index (χ4n) is 3.89. The van der Waals surface area contributed by atoms with Crippen molar-refractivity contribution in [2.75, 3.05) is 0 Å². The molecule has 0 amide bonds. The van der Waals surface area contributed by atoms with Crippen molar-refractivity contribution >= 4 is 22.5 Å². The minimum atomic E-state index is -2.15. The Morgan fingerprint density at radius 1 is 0.867 bits per heavy atom. The molecule has 12 heteroatoms. The van der Waals surface area contributed by atoms with Crippen LogP contribution in [-0.2, 0) is 25.3 Å². The zero-order valence-corrected chi connectivity index (χ0v) is 18.0. The van der Waals surface area contributed by atoms with E-state index in [-0.39, 0.29) is 47.6 Å². The van der Waals surface area contributed by atoms with Crippen molar-refractivity contribution < 1.29 is 25.3 Å². The summed E-state index contributed by atoms with van der Waals surface area (Å²) >= 11 is -2.15. The molecule has 0 aromatic carbocycles. The van der Waals surface area contributed by atoms with Crippen LogP contribution in [0.15, 0.2) is 22.9 Å². The van der Waals surface area contributed by atoms with Crippen molar-refractivity contribution in [1.29, 1.82) is 10.5 Å². The number of nitriles is 2. The molecule has 6 saturated heterocycles. The highest BCUT2D eigenvalue weighted by molar-refractivity contribution is 6.38. The second-order valence-electron chi connectivity index (χ2n) is 7.10. The van der Waals surface area contributed by atoms with E-state index in [4.69, 9.17) is 49.0 Å². The second kappa shape index (κ2) is 9.09. The Bertz CT molecular complexity index is 812. The van der Waals surface area contributed by atoms with E-state index in [1.807, 2.05) is 39.8 Å². The molecule has 6 heterocycles. The molecule has 4 bridgehead atoms. The van der Waals surface area contributed by atoms with Gasteiger partial charge >= 0.3 is 22.5 Å². The van der Waals surface area contributed by atoms with Gasteiger partial charge in [-0.3, -0.25) is 0 Å². The fourth-order valence-corrected chi connectivity index (χ4v) is 5.58. The molecule has 4 unspecified atom stereocenters. The van der Waals surface area contributed by atoms with Crippen molar-refractivity contribution in [3.8, 4) is 12.1 Å². The largest absolute Gasteiger partial charge is 1.00 e. The molecule has 6 aliphatic rings. The minimum absolute atomic E-state index is 0.00435. The smallest absolute Gasteiger partial charge is 0.609 e. The van der Waals surface area contributed by atoms with E-state index >= 15 is 0 Å². The summed E-state index contributed by atoms with van der Waals surface area (Å²) in [7, 11) is -0.778. The van der Waals surface area contributed by atoms with Crippen LogP contribution in [-0.4, -0.2) is 46.9 Å². The summed E-state index contributed by atoms with van der Waals surface area (Å²) in [6.07, 6.45) is -0.237. The third-order valence-corrected chi connectivity index (χ3v) is 7.03. The molecular weight excluding hydrogens is 406 g/mol. The van der Waals surface area contributed by atoms with E-state index in [9.17, 15) is 0 Å². The maximum Gasteiger partial charge on any atom is 1.00 e. The van der Waals surface area contributed by atoms with Crippen molar-refractivity contribution in [1.82, 2.24) is 0 Å². The van der Waals surface area contributed by atoms with Crippen LogP contribution in [0.5, 0.6) is 0 Å². The molecule has 6 aliphatic heterocycles. The standard InChI is InChI=1S/C9H9BN2O3.C9H10N2O3.Al/c1-5-8-6(2)14-10(13-5)15-9(8)7(4-11)12-3;1-5(12)8(6(2)13)9(14)7(4-10)11-3;/h5-6,8H,1-2H3;5-6,8,14H,1-2H3;/q;-2;+3/p-1/b2*9-7+;. The maximum absolute atomic E-state index is 8.81. The van der Waals surface area contributed by atoms with Crippen LogP contribution in [0.1, 0.15) is 27.7 Å². The molecule has 30 heavy (non-hydrogen) atoms. The summed E-state index contributed by atoms with van der Waals surface area (Å²) in [6, 6.07) is 3.70. The molecule has 0 radical (unpaired) electrons. The van der Waals surface area contributed by atoms with Gasteiger partial charge in [-0.1, -0.05) is 0 Å². The van der Waals surface area contributed by atoms with E-state index in [0.717, 1.165) is 0 Å². The number of rotatable bonds is 0. The maximum atomic E-state index is 8.81. The molecule has 0 saturated carbocycles. The van der Waals surface area contributed by atoms with Gasteiger partial charge in [0.15, 0.2) is 0 Å². The van der Waals surface area contributed by atoms with Gasteiger partial charge in [0.2, 0.25) is 0 Å². The lowest BCUT2D eigenvalue weighted by Crippen LogP contribution is -2.54. The summed E-state index contributed by atoms with van der Waals surface area (Å²) in [5, 5.41) is 17.6. The lowest BCUT2D eigenvalue weighted by atomic mass is 9.86. The molecule has 0 aromatic rings. The van der Waals surface area contributed by atoms with E-state index in [1.165, 1.54) is 0 Å². The van der Waals surface area contributed by atoms with E-state index in [0.29, 0.717) is 11.5 Å². The average molecular weight is 424 g/mol. The Hall–Kier alpha value is -2.52. The van der Waals surface area contributed by atoms with E-state index in [1.54, 1.807) is 0 Å². The SMILES string of the molecule is [C-]#[N+]/C(C#N)=C1/OB2OC(C)C1C(C)O2.[C-]#[N+]/C(C#N)=C1/[O][Al]2[O]C(C)C1C(C)[O]2. The predicted octanol–water partition coefficient (Wildman–Crippen LogP) is 2.19. The second-order valence-corrected chi connectivity index (χ2v) is 8.46. The first-order valence-corrected chi connectivity index (χ1v) is 10.7. The Labute approximate surface area is 180 Å². The minimum Gasteiger partial charge on any atom is -0.609 e. The molecule has 6 fully saturated rings. The first-order chi connectivity index (χ1) is 14.3. The number of hydrogen-bond donors (Lipinski definition) is 0. The average Bonchev–Trinajstić information content (AvgIpc) is 2.69. The quantitative estimate of drug-likeness (QED) is 0.331. The number of nitrogens with zero attached hydrogens (tertiary/aromatic N) is 4. The summed E-state index contributed by atoms with van der Waals surface area (Å²) in [5.41, 5.74) is 0.0260. The van der Waals surface area contributed by atoms with Crippen LogP contribution in [0.25, 0.3) is 9.69 Å². The Kier molecular flexibility index (Phi) is 6.72. The highest BCUT2D eigenvalue weighted by Crippen LogP contribution is 2.39. The number of hydrogen-bond acceptors (Lipinski definition) is 8. The fraction of sp³-hybridized carbons (Fsp3) is 0.556. The van der Waals surface area contributed by atoms with Crippen molar-refractivity contribution in [3.05, 3.63) is 45.7 Å². The zero-order chi connectivity index (χ0) is 22.0. The van der Waals surface area contributed by atoms with Gasteiger partial charge < -0.3 is 25.3 Å². The van der Waals surface area contributed by atoms with Gasteiger partial charge in [-0.05, 0) is 27.7 Å². The molecule has 0 aliphatic carbocycles. The van der Waals surface area contributed by atoms with Gasteiger partial charge in [0.05, 0.1) is 55.1 Å². The first-order valence-electron chi connectivity index (χ1n) is 9.33. The molecular formula is C18H18AlBN4O6. The van der Waals surface area contributed by atoms with Gasteiger partial charge in [0.1, 0.15) is 5.76 Å². The third kappa shape index (κ3) is 4.04. The molecule has 4 atom stereocenters. The van der Waals surface area contributed by atoms with Crippen LogP contribution < -0.4 is 0 Å².